The molecule has 0 saturated carbocycles. The first kappa shape index (κ1) is 12.0. The van der Waals surface area contributed by atoms with E-state index in [-0.39, 0.29) is 12.3 Å². The normalized spacial score (nSPS) is 19.4. The zero-order valence-corrected chi connectivity index (χ0v) is 9.24. The van der Waals surface area contributed by atoms with Gasteiger partial charge >= 0.3 is 5.97 Å². The molecule has 4 heteroatoms. The van der Waals surface area contributed by atoms with Crippen LogP contribution >= 0.6 is 0 Å². The van der Waals surface area contributed by atoms with Gasteiger partial charge in [-0.05, 0) is 12.8 Å². The molecule has 0 aromatic heterocycles. The lowest BCUT2D eigenvalue weighted by Gasteiger charge is -2.21. The van der Waals surface area contributed by atoms with E-state index in [0.717, 1.165) is 25.9 Å². The molecule has 0 bridgehead atoms. The minimum absolute atomic E-state index is 0.00759. The Morgan fingerprint density at radius 1 is 1.20 bits per heavy atom. The fraction of sp³-hybridized carbons (Fsp3) is 0.818. The molecule has 1 heterocycles. The van der Waals surface area contributed by atoms with Crippen LogP contribution in [0.4, 0.5) is 0 Å². The van der Waals surface area contributed by atoms with Crippen LogP contribution in [-0.4, -0.2) is 35.0 Å². The fourth-order valence-corrected chi connectivity index (χ4v) is 1.80. The number of carboxylic acids is 1. The lowest BCUT2D eigenvalue weighted by Crippen LogP contribution is -2.33. The van der Waals surface area contributed by atoms with Gasteiger partial charge in [0.15, 0.2) is 0 Å². The highest BCUT2D eigenvalue weighted by atomic mass is 16.4. The predicted molar refractivity (Wildman–Crippen MR) is 56.5 cm³/mol. The summed E-state index contributed by atoms with van der Waals surface area (Å²) < 4.78 is 0. The minimum atomic E-state index is -0.891. The van der Waals surface area contributed by atoms with Gasteiger partial charge in [-0.1, -0.05) is 19.8 Å². The summed E-state index contributed by atoms with van der Waals surface area (Å²) in [6.07, 6.45) is 4.59. The first-order chi connectivity index (χ1) is 7.11. The van der Waals surface area contributed by atoms with E-state index in [9.17, 15) is 9.59 Å². The van der Waals surface area contributed by atoms with Gasteiger partial charge in [0.05, 0.1) is 5.92 Å². The largest absolute Gasteiger partial charge is 0.481 e. The third-order valence-corrected chi connectivity index (χ3v) is 2.86. The van der Waals surface area contributed by atoms with Crippen molar-refractivity contribution in [3.8, 4) is 0 Å². The monoisotopic (exact) mass is 213 g/mol. The Balaban J connectivity index is 2.41. The first-order valence-electron chi connectivity index (χ1n) is 5.62. The maximum absolute atomic E-state index is 11.7. The number of hydrogen-bond donors (Lipinski definition) is 1. The van der Waals surface area contributed by atoms with Crippen LogP contribution in [0.5, 0.6) is 0 Å². The maximum Gasteiger partial charge on any atom is 0.306 e. The standard InChI is InChI=1S/C11H19NO3/c1-9(11(14)15)8-10(13)12-6-4-2-3-5-7-12/h9H,2-8H2,1H3,(H,14,15). The van der Waals surface area contributed by atoms with Crippen LogP contribution in [0.2, 0.25) is 0 Å². The van der Waals surface area contributed by atoms with E-state index in [0.29, 0.717) is 0 Å². The summed E-state index contributed by atoms with van der Waals surface area (Å²) in [6, 6.07) is 0. The van der Waals surface area contributed by atoms with E-state index in [2.05, 4.69) is 0 Å². The second-order valence-electron chi connectivity index (χ2n) is 4.24. The molecule has 0 aromatic rings. The molecule has 1 aliphatic heterocycles. The lowest BCUT2D eigenvalue weighted by atomic mass is 10.1. The zero-order valence-electron chi connectivity index (χ0n) is 9.24. The Labute approximate surface area is 90.3 Å². The smallest absolute Gasteiger partial charge is 0.306 e. The maximum atomic E-state index is 11.7. The van der Waals surface area contributed by atoms with Gasteiger partial charge in [-0.2, -0.15) is 0 Å². The summed E-state index contributed by atoms with van der Waals surface area (Å²) in [5, 5.41) is 8.71. The first-order valence-corrected chi connectivity index (χ1v) is 5.62. The zero-order chi connectivity index (χ0) is 11.3. The van der Waals surface area contributed by atoms with Crippen molar-refractivity contribution in [2.75, 3.05) is 13.1 Å². The summed E-state index contributed by atoms with van der Waals surface area (Å²) in [5.74, 6) is -1.47. The molecular formula is C11H19NO3. The van der Waals surface area contributed by atoms with Crippen LogP contribution < -0.4 is 0 Å². The van der Waals surface area contributed by atoms with Crippen molar-refractivity contribution in [1.82, 2.24) is 4.90 Å². The predicted octanol–water partition coefficient (Wildman–Crippen LogP) is 1.50. The van der Waals surface area contributed by atoms with E-state index in [1.54, 1.807) is 6.92 Å². The molecule has 1 fully saturated rings. The van der Waals surface area contributed by atoms with Gasteiger partial charge in [0.1, 0.15) is 0 Å². The van der Waals surface area contributed by atoms with E-state index < -0.39 is 11.9 Å². The Kier molecular flexibility index (Phi) is 4.59. The van der Waals surface area contributed by atoms with Gasteiger partial charge in [0, 0.05) is 19.5 Å². The molecule has 1 atom stereocenters. The van der Waals surface area contributed by atoms with Crippen molar-refractivity contribution in [3.63, 3.8) is 0 Å². The van der Waals surface area contributed by atoms with E-state index in [1.807, 2.05) is 4.90 Å². The number of hydrogen-bond acceptors (Lipinski definition) is 2. The Morgan fingerprint density at radius 2 is 1.73 bits per heavy atom. The van der Waals surface area contributed by atoms with Gasteiger partial charge in [0.2, 0.25) is 5.91 Å². The highest BCUT2D eigenvalue weighted by molar-refractivity contribution is 5.82. The topological polar surface area (TPSA) is 57.6 Å². The van der Waals surface area contributed by atoms with Crippen LogP contribution in [0.3, 0.4) is 0 Å². The highest BCUT2D eigenvalue weighted by Crippen LogP contribution is 2.13. The molecule has 86 valence electrons. The molecule has 0 spiro atoms. The molecule has 1 amide bonds. The van der Waals surface area contributed by atoms with Gasteiger partial charge in [-0.25, -0.2) is 0 Å². The summed E-state index contributed by atoms with van der Waals surface area (Å²) in [7, 11) is 0. The Hall–Kier alpha value is -1.06. The Morgan fingerprint density at radius 3 is 2.20 bits per heavy atom. The number of nitrogens with zero attached hydrogens (tertiary/aromatic N) is 1. The quantitative estimate of drug-likeness (QED) is 0.773. The molecule has 0 aromatic carbocycles. The molecule has 0 aliphatic carbocycles. The van der Waals surface area contributed by atoms with E-state index >= 15 is 0 Å². The van der Waals surface area contributed by atoms with Crippen molar-refractivity contribution >= 4 is 11.9 Å². The second kappa shape index (κ2) is 5.73. The average molecular weight is 213 g/mol. The third-order valence-electron chi connectivity index (χ3n) is 2.86. The molecule has 1 N–H and O–H groups in total. The van der Waals surface area contributed by atoms with Crippen molar-refractivity contribution in [2.45, 2.75) is 39.0 Å². The molecular weight excluding hydrogens is 194 g/mol. The molecule has 4 nitrogen and oxygen atoms in total. The number of rotatable bonds is 3. The van der Waals surface area contributed by atoms with Gasteiger partial charge in [-0.3, -0.25) is 9.59 Å². The lowest BCUT2D eigenvalue weighted by molar-refractivity contribution is -0.145. The number of carboxylic acid groups (broad SMARTS) is 1. The molecule has 0 radical (unpaired) electrons. The van der Waals surface area contributed by atoms with Crippen LogP contribution in [0, 0.1) is 5.92 Å². The van der Waals surface area contributed by atoms with E-state index in [4.69, 9.17) is 5.11 Å². The number of amides is 1. The second-order valence-corrected chi connectivity index (χ2v) is 4.24. The van der Waals surface area contributed by atoms with E-state index in [1.165, 1.54) is 12.8 Å². The minimum Gasteiger partial charge on any atom is -0.481 e. The summed E-state index contributed by atoms with van der Waals surface area (Å²) in [4.78, 5) is 24.2. The molecule has 1 aliphatic rings. The third kappa shape index (κ3) is 3.90. The SMILES string of the molecule is CC(CC(=O)N1CCCCCC1)C(=O)O. The van der Waals surface area contributed by atoms with Crippen LogP contribution in [-0.2, 0) is 9.59 Å². The summed E-state index contributed by atoms with van der Waals surface area (Å²) >= 11 is 0. The Bertz CT molecular complexity index is 232. The summed E-state index contributed by atoms with van der Waals surface area (Å²) in [6.45, 7) is 3.17. The highest BCUT2D eigenvalue weighted by Gasteiger charge is 2.21. The molecule has 1 unspecified atom stereocenters. The van der Waals surface area contributed by atoms with Crippen LogP contribution in [0.25, 0.3) is 0 Å². The van der Waals surface area contributed by atoms with Crippen molar-refractivity contribution in [2.24, 2.45) is 5.92 Å². The van der Waals surface area contributed by atoms with Crippen LogP contribution in [0.15, 0.2) is 0 Å². The van der Waals surface area contributed by atoms with Crippen molar-refractivity contribution in [3.05, 3.63) is 0 Å². The number of aliphatic carboxylic acids is 1. The average Bonchev–Trinajstić information content (AvgIpc) is 2.45. The van der Waals surface area contributed by atoms with Crippen molar-refractivity contribution < 1.29 is 14.7 Å². The number of carbonyl (C=O) groups is 2. The molecule has 1 rings (SSSR count). The molecule has 15 heavy (non-hydrogen) atoms. The van der Waals surface area contributed by atoms with Gasteiger partial charge in [0.25, 0.3) is 0 Å². The van der Waals surface area contributed by atoms with Crippen molar-refractivity contribution in [1.29, 1.82) is 0 Å². The van der Waals surface area contributed by atoms with Crippen LogP contribution in [0.1, 0.15) is 39.0 Å². The summed E-state index contributed by atoms with van der Waals surface area (Å²) in [5.41, 5.74) is 0. The number of carbonyl (C=O) groups excluding carboxylic acids is 1. The molecule has 1 saturated heterocycles. The fourth-order valence-electron chi connectivity index (χ4n) is 1.80. The van der Waals surface area contributed by atoms with Gasteiger partial charge in [-0.15, -0.1) is 0 Å². The van der Waals surface area contributed by atoms with Gasteiger partial charge < -0.3 is 10.0 Å². The number of likely N-dealkylation sites (tertiary alicyclic amines) is 1.